The van der Waals surface area contributed by atoms with E-state index in [1.807, 2.05) is 12.3 Å². The molecule has 146 valence electrons. The maximum atomic E-state index is 4.73. The van der Waals surface area contributed by atoms with Crippen LogP contribution in [0, 0.1) is 0 Å². The van der Waals surface area contributed by atoms with Crippen molar-refractivity contribution in [2.24, 2.45) is 0 Å². The first-order chi connectivity index (χ1) is 14.4. The predicted octanol–water partition coefficient (Wildman–Crippen LogP) is 7.33. The highest BCUT2D eigenvalue weighted by Crippen LogP contribution is 2.38. The van der Waals surface area contributed by atoms with Crippen molar-refractivity contribution in [2.45, 2.75) is 39.0 Å². The zero-order chi connectivity index (χ0) is 19.9. The van der Waals surface area contributed by atoms with Crippen LogP contribution in [-0.4, -0.2) is 9.55 Å². The molecule has 2 aromatic heterocycles. The average Bonchev–Trinajstić information content (AvgIpc) is 3.18. The van der Waals surface area contributed by atoms with Gasteiger partial charge in [-0.25, -0.2) is 0 Å². The van der Waals surface area contributed by atoms with Crippen molar-refractivity contribution in [1.82, 2.24) is 9.55 Å². The fourth-order valence-electron chi connectivity index (χ4n) is 3.96. The van der Waals surface area contributed by atoms with Gasteiger partial charge in [-0.3, -0.25) is 4.98 Å². The Labute approximate surface area is 173 Å². The minimum atomic E-state index is 1.05. The highest BCUT2D eigenvalue weighted by atomic mass is 15.0. The average molecular weight is 381 g/mol. The van der Waals surface area contributed by atoms with E-state index in [0.717, 1.165) is 12.1 Å². The van der Waals surface area contributed by atoms with Crippen LogP contribution in [0.2, 0.25) is 0 Å². The van der Waals surface area contributed by atoms with Crippen molar-refractivity contribution >= 4 is 0 Å². The van der Waals surface area contributed by atoms with Crippen LogP contribution in [0.4, 0.5) is 0 Å². The van der Waals surface area contributed by atoms with Crippen LogP contribution in [0.15, 0.2) is 91.3 Å². The molecule has 29 heavy (non-hydrogen) atoms. The van der Waals surface area contributed by atoms with Gasteiger partial charge in [-0.15, -0.1) is 0 Å². The summed E-state index contributed by atoms with van der Waals surface area (Å²) >= 11 is 0. The number of nitrogens with zero attached hydrogens (tertiary/aromatic N) is 2. The van der Waals surface area contributed by atoms with Gasteiger partial charge in [0.15, 0.2) is 0 Å². The Balaban J connectivity index is 1.90. The second-order valence-electron chi connectivity index (χ2n) is 7.46. The molecule has 0 amide bonds. The Morgan fingerprint density at radius 2 is 1.48 bits per heavy atom. The highest BCUT2D eigenvalue weighted by molar-refractivity contribution is 5.84. The quantitative estimate of drug-likeness (QED) is 0.293. The number of hydrogen-bond donors (Lipinski definition) is 0. The molecule has 0 aliphatic rings. The van der Waals surface area contributed by atoms with E-state index in [9.17, 15) is 0 Å². The van der Waals surface area contributed by atoms with E-state index < -0.39 is 0 Å². The molecule has 0 bridgehead atoms. The summed E-state index contributed by atoms with van der Waals surface area (Å²) in [5, 5.41) is 0. The third-order valence-corrected chi connectivity index (χ3v) is 5.41. The molecule has 4 rings (SSSR count). The van der Waals surface area contributed by atoms with Gasteiger partial charge in [-0.05, 0) is 42.7 Å². The number of hydrogen-bond acceptors (Lipinski definition) is 1. The normalized spacial score (nSPS) is 10.9. The summed E-state index contributed by atoms with van der Waals surface area (Å²) in [6, 6.07) is 27.5. The van der Waals surface area contributed by atoms with Gasteiger partial charge in [-0.2, -0.15) is 0 Å². The van der Waals surface area contributed by atoms with E-state index in [4.69, 9.17) is 4.98 Å². The summed E-state index contributed by atoms with van der Waals surface area (Å²) in [5.41, 5.74) is 7.35. The molecular formula is C27H28N2. The maximum absolute atomic E-state index is 4.73. The summed E-state index contributed by atoms with van der Waals surface area (Å²) in [7, 11) is 0. The van der Waals surface area contributed by atoms with Gasteiger partial charge in [0.25, 0.3) is 0 Å². The van der Waals surface area contributed by atoms with Gasteiger partial charge in [0, 0.05) is 34.9 Å². The van der Waals surface area contributed by atoms with Crippen molar-refractivity contribution in [3.05, 3.63) is 97.0 Å². The Morgan fingerprint density at radius 1 is 0.759 bits per heavy atom. The van der Waals surface area contributed by atoms with E-state index in [2.05, 4.69) is 90.5 Å². The monoisotopic (exact) mass is 380 g/mol. The van der Waals surface area contributed by atoms with Crippen LogP contribution < -0.4 is 0 Å². The summed E-state index contributed by atoms with van der Waals surface area (Å²) in [6.45, 7) is 2.26. The first-order valence-electron chi connectivity index (χ1n) is 10.6. The molecule has 0 N–H and O–H groups in total. The molecule has 2 aromatic carbocycles. The Hall–Kier alpha value is -3.13. The summed E-state index contributed by atoms with van der Waals surface area (Å²) in [4.78, 5) is 4.73. The molecule has 0 radical (unpaired) electrons. The van der Waals surface area contributed by atoms with Gasteiger partial charge in [0.1, 0.15) is 0 Å². The molecule has 2 nitrogen and oxygen atoms in total. The van der Waals surface area contributed by atoms with Gasteiger partial charge >= 0.3 is 0 Å². The molecular weight excluding hydrogens is 352 g/mol. The fraction of sp³-hybridized carbons (Fsp3) is 0.222. The van der Waals surface area contributed by atoms with Gasteiger partial charge < -0.3 is 4.57 Å². The molecule has 2 heteroatoms. The van der Waals surface area contributed by atoms with E-state index in [1.165, 1.54) is 53.8 Å². The fourth-order valence-corrected chi connectivity index (χ4v) is 3.96. The van der Waals surface area contributed by atoms with Crippen LogP contribution in [0.25, 0.3) is 28.1 Å². The lowest BCUT2D eigenvalue weighted by atomic mass is 9.98. The number of benzene rings is 2. The van der Waals surface area contributed by atoms with Crippen molar-refractivity contribution in [3.63, 3.8) is 0 Å². The molecule has 0 fully saturated rings. The molecule has 4 aromatic rings. The van der Waals surface area contributed by atoms with E-state index in [1.54, 1.807) is 0 Å². The molecule has 0 saturated heterocycles. The van der Waals surface area contributed by atoms with E-state index >= 15 is 0 Å². The third kappa shape index (κ3) is 4.32. The lowest BCUT2D eigenvalue weighted by Crippen LogP contribution is -2.01. The number of para-hydroxylation sites is 1. The first kappa shape index (κ1) is 19.2. The second-order valence-corrected chi connectivity index (χ2v) is 7.46. The molecule has 0 atom stereocenters. The zero-order valence-electron chi connectivity index (χ0n) is 17.1. The number of rotatable bonds is 8. The molecule has 0 aliphatic heterocycles. The topological polar surface area (TPSA) is 17.8 Å². The maximum Gasteiger partial charge on any atom is 0.0726 e. The number of unbranched alkanes of at least 4 members (excludes halogenated alkanes) is 3. The molecule has 0 spiro atoms. The Kier molecular flexibility index (Phi) is 6.21. The Bertz CT molecular complexity index is 1020. The SMILES string of the molecule is CCCCCCc1c(-c2ccccn2)c(-c2ccccc2)cn1-c1ccccc1. The minimum absolute atomic E-state index is 1.05. The second kappa shape index (κ2) is 9.38. The van der Waals surface area contributed by atoms with Crippen molar-refractivity contribution in [1.29, 1.82) is 0 Å². The third-order valence-electron chi connectivity index (χ3n) is 5.41. The largest absolute Gasteiger partial charge is 0.320 e. The molecule has 0 aliphatic carbocycles. The molecule has 0 saturated carbocycles. The highest BCUT2D eigenvalue weighted by Gasteiger charge is 2.20. The Morgan fingerprint density at radius 3 is 2.17 bits per heavy atom. The van der Waals surface area contributed by atoms with Gasteiger partial charge in [0.05, 0.1) is 5.69 Å². The number of aromatic nitrogens is 2. The van der Waals surface area contributed by atoms with E-state index in [0.29, 0.717) is 0 Å². The van der Waals surface area contributed by atoms with Crippen LogP contribution in [0.5, 0.6) is 0 Å². The van der Waals surface area contributed by atoms with Crippen molar-refractivity contribution in [3.8, 4) is 28.1 Å². The molecule has 0 unspecified atom stereocenters. The predicted molar refractivity (Wildman–Crippen MR) is 122 cm³/mol. The number of pyridine rings is 1. The lowest BCUT2D eigenvalue weighted by molar-refractivity contribution is 0.656. The van der Waals surface area contributed by atoms with E-state index in [-0.39, 0.29) is 0 Å². The summed E-state index contributed by atoms with van der Waals surface area (Å²) < 4.78 is 2.37. The van der Waals surface area contributed by atoms with Crippen LogP contribution >= 0.6 is 0 Å². The molecule has 2 heterocycles. The standard InChI is InChI=1S/C27H28N2/c1-2-3-4-11-19-26-27(25-18-12-13-20-28-25)24(22-14-7-5-8-15-22)21-29(26)23-16-9-6-10-17-23/h5-10,12-18,20-21H,2-4,11,19H2,1H3. The van der Waals surface area contributed by atoms with Crippen LogP contribution in [0.1, 0.15) is 38.3 Å². The van der Waals surface area contributed by atoms with Crippen LogP contribution in [-0.2, 0) is 6.42 Å². The van der Waals surface area contributed by atoms with Crippen molar-refractivity contribution in [2.75, 3.05) is 0 Å². The van der Waals surface area contributed by atoms with Crippen molar-refractivity contribution < 1.29 is 0 Å². The zero-order valence-corrected chi connectivity index (χ0v) is 17.1. The first-order valence-corrected chi connectivity index (χ1v) is 10.6. The minimum Gasteiger partial charge on any atom is -0.320 e. The summed E-state index contributed by atoms with van der Waals surface area (Å²) in [6.07, 6.45) is 10.2. The van der Waals surface area contributed by atoms with Crippen LogP contribution in [0.3, 0.4) is 0 Å². The lowest BCUT2D eigenvalue weighted by Gasteiger charge is -2.12. The van der Waals surface area contributed by atoms with Gasteiger partial charge in [-0.1, -0.05) is 80.8 Å². The summed E-state index contributed by atoms with van der Waals surface area (Å²) in [5.74, 6) is 0. The smallest absolute Gasteiger partial charge is 0.0726 e. The van der Waals surface area contributed by atoms with Gasteiger partial charge in [0.2, 0.25) is 0 Å².